The molecule has 5 rings (SSSR count). The molecule has 164 valence electrons. The van der Waals surface area contributed by atoms with Crippen molar-refractivity contribution in [2.45, 2.75) is 20.4 Å². The third-order valence-corrected chi connectivity index (χ3v) is 6.94. The molecule has 0 aliphatic carbocycles. The molecule has 0 unspecified atom stereocenters. The van der Waals surface area contributed by atoms with E-state index in [4.69, 9.17) is 9.72 Å². The van der Waals surface area contributed by atoms with E-state index in [1.165, 1.54) is 5.56 Å². The second kappa shape index (κ2) is 9.04. The molecule has 4 nitrogen and oxygen atoms in total. The zero-order chi connectivity index (χ0) is 22.8. The Kier molecular flexibility index (Phi) is 5.80. The Bertz CT molecular complexity index is 1400. The highest BCUT2D eigenvalue weighted by Gasteiger charge is 2.22. The molecule has 0 saturated heterocycles. The number of amides is 1. The van der Waals surface area contributed by atoms with Crippen LogP contribution >= 0.6 is 11.3 Å². The smallest absolute Gasteiger partial charge is 0.267 e. The summed E-state index contributed by atoms with van der Waals surface area (Å²) in [4.78, 5) is 20.0. The Balaban J connectivity index is 1.44. The summed E-state index contributed by atoms with van der Waals surface area (Å²) in [5.74, 6) is 0.555. The van der Waals surface area contributed by atoms with Crippen molar-refractivity contribution < 1.29 is 9.53 Å². The molecule has 0 atom stereocenters. The lowest BCUT2D eigenvalue weighted by atomic mass is 10.1. The van der Waals surface area contributed by atoms with Crippen LogP contribution in [0.25, 0.3) is 21.0 Å². The normalized spacial score (nSPS) is 11.1. The number of rotatable bonds is 6. The Morgan fingerprint density at radius 1 is 0.879 bits per heavy atom. The van der Waals surface area contributed by atoms with Gasteiger partial charge in [-0.15, -0.1) is 0 Å². The van der Waals surface area contributed by atoms with Gasteiger partial charge in [-0.25, -0.2) is 4.98 Å². The van der Waals surface area contributed by atoms with Gasteiger partial charge in [0.25, 0.3) is 5.91 Å². The van der Waals surface area contributed by atoms with Crippen LogP contribution in [-0.2, 0) is 11.3 Å². The number of fused-ring (bicyclic) bond motifs is 2. The van der Waals surface area contributed by atoms with Crippen LogP contribution in [0.3, 0.4) is 0 Å². The first kappa shape index (κ1) is 21.2. The summed E-state index contributed by atoms with van der Waals surface area (Å²) < 4.78 is 7.04. The maximum atomic E-state index is 13.4. The van der Waals surface area contributed by atoms with Gasteiger partial charge in [-0.1, -0.05) is 84.1 Å². The molecule has 0 aliphatic heterocycles. The van der Waals surface area contributed by atoms with Crippen LogP contribution in [0.1, 0.15) is 16.7 Å². The number of carbonyl (C=O) groups excluding carboxylic acids is 1. The third kappa shape index (κ3) is 4.45. The van der Waals surface area contributed by atoms with Crippen LogP contribution in [-0.4, -0.2) is 17.5 Å². The lowest BCUT2D eigenvalue weighted by Gasteiger charge is -2.20. The van der Waals surface area contributed by atoms with Gasteiger partial charge in [-0.3, -0.25) is 9.69 Å². The summed E-state index contributed by atoms with van der Waals surface area (Å²) in [6.45, 7) is 4.52. The lowest BCUT2D eigenvalue weighted by Crippen LogP contribution is -2.34. The molecular weight excluding hydrogens is 428 g/mol. The molecule has 0 radical (unpaired) electrons. The summed E-state index contributed by atoms with van der Waals surface area (Å²) in [7, 11) is 0. The molecule has 0 spiro atoms. The lowest BCUT2D eigenvalue weighted by molar-refractivity contribution is -0.120. The molecule has 1 heterocycles. The van der Waals surface area contributed by atoms with Gasteiger partial charge < -0.3 is 4.74 Å². The second-order valence-corrected chi connectivity index (χ2v) is 9.11. The number of hydrogen-bond donors (Lipinski definition) is 0. The highest BCUT2D eigenvalue weighted by atomic mass is 32.1. The minimum absolute atomic E-state index is 0.0565. The highest BCUT2D eigenvalue weighted by Crippen LogP contribution is 2.34. The summed E-state index contributed by atoms with van der Waals surface area (Å²) in [6, 6.07) is 28.1. The SMILES string of the molecule is Cc1ccc(C)c2sc(N(Cc3ccccc3)C(=O)COc3ccc4ccccc4c3)nc12. The van der Waals surface area contributed by atoms with E-state index in [2.05, 4.69) is 32.0 Å². The number of benzene rings is 4. The molecule has 5 aromatic rings. The first-order valence-electron chi connectivity index (χ1n) is 10.9. The van der Waals surface area contributed by atoms with Gasteiger partial charge in [0.15, 0.2) is 11.7 Å². The molecule has 4 aromatic carbocycles. The van der Waals surface area contributed by atoms with Crippen molar-refractivity contribution in [2.24, 2.45) is 0 Å². The molecule has 0 fully saturated rings. The van der Waals surface area contributed by atoms with Crippen LogP contribution in [0.15, 0.2) is 84.9 Å². The minimum Gasteiger partial charge on any atom is -0.484 e. The van der Waals surface area contributed by atoms with Gasteiger partial charge in [0.05, 0.1) is 16.8 Å². The minimum atomic E-state index is -0.124. The van der Waals surface area contributed by atoms with Crippen molar-refractivity contribution in [3.05, 3.63) is 102 Å². The molecule has 0 aliphatic rings. The predicted molar refractivity (Wildman–Crippen MR) is 136 cm³/mol. The number of anilines is 1. The molecule has 5 heteroatoms. The number of hydrogen-bond acceptors (Lipinski definition) is 4. The number of nitrogens with zero attached hydrogens (tertiary/aromatic N) is 2. The van der Waals surface area contributed by atoms with Crippen LogP contribution < -0.4 is 9.64 Å². The molecule has 0 N–H and O–H groups in total. The van der Waals surface area contributed by atoms with Gasteiger partial charge in [0, 0.05) is 0 Å². The van der Waals surface area contributed by atoms with Crippen LogP contribution in [0.2, 0.25) is 0 Å². The van der Waals surface area contributed by atoms with E-state index in [0.717, 1.165) is 32.1 Å². The maximum Gasteiger partial charge on any atom is 0.267 e. The van der Waals surface area contributed by atoms with Crippen molar-refractivity contribution >= 4 is 43.4 Å². The number of carbonyl (C=O) groups is 1. The molecule has 33 heavy (non-hydrogen) atoms. The van der Waals surface area contributed by atoms with E-state index in [9.17, 15) is 4.79 Å². The molecule has 0 bridgehead atoms. The first-order valence-corrected chi connectivity index (χ1v) is 11.7. The zero-order valence-electron chi connectivity index (χ0n) is 18.6. The van der Waals surface area contributed by atoms with Gasteiger partial charge in [-0.05, 0) is 53.4 Å². The topological polar surface area (TPSA) is 42.4 Å². The van der Waals surface area contributed by atoms with Gasteiger partial charge in [0.2, 0.25) is 0 Å². The third-order valence-electron chi connectivity index (χ3n) is 5.73. The Labute approximate surface area is 197 Å². The van der Waals surface area contributed by atoms with Crippen molar-refractivity contribution in [1.29, 1.82) is 0 Å². The quantitative estimate of drug-likeness (QED) is 0.289. The molecule has 0 saturated carbocycles. The van der Waals surface area contributed by atoms with Crippen LogP contribution in [0, 0.1) is 13.8 Å². The van der Waals surface area contributed by atoms with Crippen LogP contribution in [0.4, 0.5) is 5.13 Å². The Hall–Kier alpha value is -3.70. The Morgan fingerprint density at radius 2 is 1.61 bits per heavy atom. The van der Waals surface area contributed by atoms with E-state index in [-0.39, 0.29) is 12.5 Å². The summed E-state index contributed by atoms with van der Waals surface area (Å²) in [5.41, 5.74) is 4.28. The highest BCUT2D eigenvalue weighted by molar-refractivity contribution is 7.22. The summed E-state index contributed by atoms with van der Waals surface area (Å²) in [5, 5.41) is 2.92. The summed E-state index contributed by atoms with van der Waals surface area (Å²) >= 11 is 1.56. The maximum absolute atomic E-state index is 13.4. The Morgan fingerprint density at radius 3 is 2.39 bits per heavy atom. The standard InChI is InChI=1S/C28H24N2O2S/c1-19-12-13-20(2)27-26(19)29-28(33-27)30(17-21-8-4-3-5-9-21)25(31)18-32-24-15-14-22-10-6-7-11-23(22)16-24/h3-16H,17-18H2,1-2H3. The number of ether oxygens (including phenoxy) is 1. The van der Waals surface area contributed by atoms with Gasteiger partial charge >= 0.3 is 0 Å². The molecule has 1 amide bonds. The van der Waals surface area contributed by atoms with Crippen molar-refractivity contribution in [1.82, 2.24) is 4.98 Å². The molecule has 1 aromatic heterocycles. The fraction of sp³-hybridized carbons (Fsp3) is 0.143. The first-order chi connectivity index (χ1) is 16.1. The van der Waals surface area contributed by atoms with Crippen molar-refractivity contribution in [3.8, 4) is 5.75 Å². The second-order valence-electron chi connectivity index (χ2n) is 8.14. The largest absolute Gasteiger partial charge is 0.484 e. The van der Waals surface area contributed by atoms with Gasteiger partial charge in [0.1, 0.15) is 5.75 Å². The molecular formula is C28H24N2O2S. The van der Waals surface area contributed by atoms with E-state index < -0.39 is 0 Å². The number of thiazole rings is 1. The fourth-order valence-electron chi connectivity index (χ4n) is 3.87. The fourth-order valence-corrected chi connectivity index (χ4v) is 5.00. The predicted octanol–water partition coefficient (Wildman–Crippen LogP) is 6.68. The van der Waals surface area contributed by atoms with E-state index in [0.29, 0.717) is 17.4 Å². The van der Waals surface area contributed by atoms with Crippen molar-refractivity contribution in [2.75, 3.05) is 11.5 Å². The number of aromatic nitrogens is 1. The van der Waals surface area contributed by atoms with Gasteiger partial charge in [-0.2, -0.15) is 0 Å². The van der Waals surface area contributed by atoms with E-state index in [1.807, 2.05) is 66.7 Å². The zero-order valence-corrected chi connectivity index (χ0v) is 19.4. The average Bonchev–Trinajstić information content (AvgIpc) is 3.30. The number of aryl methyl sites for hydroxylation is 2. The monoisotopic (exact) mass is 452 g/mol. The van der Waals surface area contributed by atoms with Crippen LogP contribution in [0.5, 0.6) is 5.75 Å². The van der Waals surface area contributed by atoms with E-state index >= 15 is 0 Å². The average molecular weight is 453 g/mol. The van der Waals surface area contributed by atoms with E-state index in [1.54, 1.807) is 16.2 Å². The van der Waals surface area contributed by atoms with Crippen molar-refractivity contribution in [3.63, 3.8) is 0 Å². The summed E-state index contributed by atoms with van der Waals surface area (Å²) in [6.07, 6.45) is 0.